The molecule has 1 saturated heterocycles. The van der Waals surface area contributed by atoms with Crippen molar-refractivity contribution in [2.75, 3.05) is 12.9 Å². The highest BCUT2D eigenvalue weighted by atomic mass is 32.2. The molecule has 2 heterocycles. The molecular formula is C19H26N2OS2. The van der Waals surface area contributed by atoms with Crippen molar-refractivity contribution in [2.24, 2.45) is 0 Å². The Morgan fingerprint density at radius 2 is 2.17 bits per heavy atom. The van der Waals surface area contributed by atoms with Gasteiger partial charge in [0.1, 0.15) is 5.75 Å². The van der Waals surface area contributed by atoms with Gasteiger partial charge in [-0.1, -0.05) is 19.1 Å². The van der Waals surface area contributed by atoms with Gasteiger partial charge in [0.05, 0.1) is 17.5 Å². The lowest BCUT2D eigenvalue weighted by Crippen LogP contribution is -2.34. The Balaban J connectivity index is 1.71. The van der Waals surface area contributed by atoms with Gasteiger partial charge in [-0.3, -0.25) is 0 Å². The summed E-state index contributed by atoms with van der Waals surface area (Å²) >= 11 is 4.34. The number of hydrogen-bond donors (Lipinski definition) is 0. The number of hydrogen-bond acceptors (Lipinski definition) is 4. The standard InChI is InChI=1S/C19H26N2OS2/c1-3-18-9-13-23-19(24-18,14-21-12-11-20-15-21)10-8-16-4-6-17(22-2)7-5-16/h4-7,11-12,15,18H,3,8-10,13-14H2,1-2H3. The first-order valence-electron chi connectivity index (χ1n) is 8.63. The molecule has 1 aliphatic rings. The Kier molecular flexibility index (Phi) is 6.17. The maximum absolute atomic E-state index is 5.26. The van der Waals surface area contributed by atoms with E-state index in [1.807, 2.05) is 12.5 Å². The molecule has 1 aliphatic heterocycles. The van der Waals surface area contributed by atoms with Crippen molar-refractivity contribution in [3.63, 3.8) is 0 Å². The third kappa shape index (κ3) is 4.51. The highest BCUT2D eigenvalue weighted by molar-refractivity contribution is 8.19. The summed E-state index contributed by atoms with van der Waals surface area (Å²) in [6, 6.07) is 8.51. The van der Waals surface area contributed by atoms with Crippen molar-refractivity contribution in [1.29, 1.82) is 0 Å². The predicted molar refractivity (Wildman–Crippen MR) is 105 cm³/mol. The van der Waals surface area contributed by atoms with Crippen LogP contribution in [0.4, 0.5) is 0 Å². The third-order valence-electron chi connectivity index (χ3n) is 4.58. The van der Waals surface area contributed by atoms with Crippen LogP contribution in [0.25, 0.3) is 0 Å². The monoisotopic (exact) mass is 362 g/mol. The zero-order chi connectivity index (χ0) is 16.8. The van der Waals surface area contributed by atoms with E-state index in [9.17, 15) is 0 Å². The van der Waals surface area contributed by atoms with Gasteiger partial charge in [0.15, 0.2) is 0 Å². The van der Waals surface area contributed by atoms with Crippen LogP contribution in [0.15, 0.2) is 43.0 Å². The van der Waals surface area contributed by atoms with Crippen LogP contribution < -0.4 is 4.74 Å². The summed E-state index contributed by atoms with van der Waals surface area (Å²) < 4.78 is 7.76. The van der Waals surface area contributed by atoms with E-state index < -0.39 is 0 Å². The SMILES string of the molecule is CCC1CCSC(CCc2ccc(OC)cc2)(Cn2ccnc2)S1. The predicted octanol–water partition coefficient (Wildman–Crippen LogP) is 4.87. The summed E-state index contributed by atoms with van der Waals surface area (Å²) in [7, 11) is 1.72. The third-order valence-corrected chi connectivity index (χ3v) is 8.18. The minimum Gasteiger partial charge on any atom is -0.497 e. The summed E-state index contributed by atoms with van der Waals surface area (Å²) in [4.78, 5) is 4.23. The fourth-order valence-electron chi connectivity index (χ4n) is 3.14. The summed E-state index contributed by atoms with van der Waals surface area (Å²) in [5.41, 5.74) is 1.39. The molecule has 0 spiro atoms. The Morgan fingerprint density at radius 3 is 2.83 bits per heavy atom. The van der Waals surface area contributed by atoms with Crippen LogP contribution in [0.2, 0.25) is 0 Å². The molecule has 3 rings (SSSR count). The number of aryl methyl sites for hydroxylation is 1. The van der Waals surface area contributed by atoms with Crippen LogP contribution in [0.5, 0.6) is 5.75 Å². The van der Waals surface area contributed by atoms with Crippen LogP contribution in [0, 0.1) is 0 Å². The number of nitrogens with zero attached hydrogens (tertiary/aromatic N) is 2. The fourth-order valence-corrected chi connectivity index (χ4v) is 6.93. The molecule has 1 fully saturated rings. The molecular weight excluding hydrogens is 336 g/mol. The molecule has 5 heteroatoms. The van der Waals surface area contributed by atoms with Crippen molar-refractivity contribution in [2.45, 2.75) is 48.5 Å². The smallest absolute Gasteiger partial charge is 0.118 e. The van der Waals surface area contributed by atoms with Gasteiger partial charge in [-0.2, -0.15) is 0 Å². The van der Waals surface area contributed by atoms with Gasteiger partial charge < -0.3 is 9.30 Å². The van der Waals surface area contributed by atoms with Crippen LogP contribution in [0.3, 0.4) is 0 Å². The van der Waals surface area contributed by atoms with E-state index in [-0.39, 0.29) is 4.08 Å². The average Bonchev–Trinajstić information content (AvgIpc) is 3.13. The first-order chi connectivity index (χ1) is 11.7. The summed E-state index contributed by atoms with van der Waals surface area (Å²) in [6.45, 7) is 3.36. The molecule has 3 nitrogen and oxygen atoms in total. The molecule has 2 unspecified atom stereocenters. The Bertz CT molecular complexity index is 615. The number of benzene rings is 1. The number of aromatic nitrogens is 2. The molecule has 0 radical (unpaired) electrons. The second-order valence-electron chi connectivity index (χ2n) is 6.28. The molecule has 24 heavy (non-hydrogen) atoms. The van der Waals surface area contributed by atoms with E-state index in [2.05, 4.69) is 70.5 Å². The van der Waals surface area contributed by atoms with Gasteiger partial charge >= 0.3 is 0 Å². The van der Waals surface area contributed by atoms with Crippen molar-refractivity contribution in [3.05, 3.63) is 48.5 Å². The van der Waals surface area contributed by atoms with Gasteiger partial charge in [0, 0.05) is 24.2 Å². The molecule has 0 amide bonds. The number of imidazole rings is 1. The molecule has 0 N–H and O–H groups in total. The molecule has 0 bridgehead atoms. The zero-order valence-corrected chi connectivity index (χ0v) is 16.1. The van der Waals surface area contributed by atoms with Crippen LogP contribution in [-0.4, -0.2) is 31.7 Å². The first-order valence-corrected chi connectivity index (χ1v) is 10.5. The van der Waals surface area contributed by atoms with E-state index in [0.717, 1.165) is 24.0 Å². The van der Waals surface area contributed by atoms with Crippen molar-refractivity contribution in [1.82, 2.24) is 9.55 Å². The highest BCUT2D eigenvalue weighted by Gasteiger charge is 2.37. The quantitative estimate of drug-likeness (QED) is 0.702. The molecule has 2 atom stereocenters. The fraction of sp³-hybridized carbons (Fsp3) is 0.526. The number of methoxy groups -OCH3 is 1. The lowest BCUT2D eigenvalue weighted by Gasteiger charge is -2.40. The number of rotatable bonds is 7. The van der Waals surface area contributed by atoms with Crippen LogP contribution >= 0.6 is 23.5 Å². The molecule has 0 aliphatic carbocycles. The largest absolute Gasteiger partial charge is 0.497 e. The molecule has 2 aromatic rings. The van der Waals surface area contributed by atoms with Gasteiger partial charge in [-0.25, -0.2) is 4.98 Å². The summed E-state index contributed by atoms with van der Waals surface area (Å²) in [5, 5.41) is 0.783. The number of thioether (sulfide) groups is 2. The Hall–Kier alpha value is -1.07. The van der Waals surface area contributed by atoms with E-state index in [1.165, 1.54) is 30.6 Å². The van der Waals surface area contributed by atoms with E-state index in [1.54, 1.807) is 7.11 Å². The average molecular weight is 363 g/mol. The normalized spacial score (nSPS) is 24.0. The van der Waals surface area contributed by atoms with Gasteiger partial charge in [0.2, 0.25) is 0 Å². The Labute approximate surface area is 153 Å². The van der Waals surface area contributed by atoms with Gasteiger partial charge in [0.25, 0.3) is 0 Å². The summed E-state index contributed by atoms with van der Waals surface area (Å²) in [5.74, 6) is 2.20. The number of ether oxygens (including phenoxy) is 1. The highest BCUT2D eigenvalue weighted by Crippen LogP contribution is 2.50. The minimum atomic E-state index is 0.250. The lowest BCUT2D eigenvalue weighted by atomic mass is 10.1. The second-order valence-corrected chi connectivity index (χ2v) is 9.70. The second kappa shape index (κ2) is 8.34. The van der Waals surface area contributed by atoms with E-state index in [0.29, 0.717) is 0 Å². The molecule has 130 valence electrons. The molecule has 1 aromatic carbocycles. The van der Waals surface area contributed by atoms with Gasteiger partial charge in [-0.05, 0) is 49.1 Å². The lowest BCUT2D eigenvalue weighted by molar-refractivity contribution is 0.414. The van der Waals surface area contributed by atoms with Gasteiger partial charge in [-0.15, -0.1) is 23.5 Å². The minimum absolute atomic E-state index is 0.250. The van der Waals surface area contributed by atoms with Crippen molar-refractivity contribution < 1.29 is 4.74 Å². The zero-order valence-electron chi connectivity index (χ0n) is 14.5. The summed E-state index contributed by atoms with van der Waals surface area (Å²) in [6.07, 6.45) is 10.8. The van der Waals surface area contributed by atoms with E-state index >= 15 is 0 Å². The maximum Gasteiger partial charge on any atom is 0.118 e. The maximum atomic E-state index is 5.26. The topological polar surface area (TPSA) is 27.1 Å². The van der Waals surface area contributed by atoms with Crippen molar-refractivity contribution >= 4 is 23.5 Å². The van der Waals surface area contributed by atoms with Crippen LogP contribution in [0.1, 0.15) is 31.7 Å². The Morgan fingerprint density at radius 1 is 1.33 bits per heavy atom. The van der Waals surface area contributed by atoms with Crippen LogP contribution in [-0.2, 0) is 13.0 Å². The molecule has 1 aromatic heterocycles. The van der Waals surface area contributed by atoms with E-state index in [4.69, 9.17) is 4.74 Å². The van der Waals surface area contributed by atoms with Crippen molar-refractivity contribution in [3.8, 4) is 5.75 Å². The molecule has 0 saturated carbocycles. The first kappa shape index (κ1) is 17.7.